The number of nitrogens with zero attached hydrogens (tertiary/aromatic N) is 2. The van der Waals surface area contributed by atoms with E-state index in [0.29, 0.717) is 6.42 Å². The molecule has 1 aliphatic heterocycles. The number of benzene rings is 2. The number of amides is 1. The maximum atomic E-state index is 12.5. The first kappa shape index (κ1) is 18.6. The van der Waals surface area contributed by atoms with Gasteiger partial charge in [0, 0.05) is 43.3 Å². The fraction of sp³-hybridized carbons (Fsp3) is 0.381. The molecule has 26 heavy (non-hydrogen) atoms. The third kappa shape index (κ3) is 4.50. The van der Waals surface area contributed by atoms with Crippen molar-refractivity contribution in [1.29, 1.82) is 0 Å². The van der Waals surface area contributed by atoms with Crippen LogP contribution in [-0.2, 0) is 11.2 Å². The molecule has 0 aromatic heterocycles. The standard InChI is InChI=1S/C21H25ClN2O2/c1-16-14-17(6-8-20(16)26-2)7-9-21(25)24-12-10-23(11-13-24)19-5-3-4-18(22)15-19/h3-6,8,14-15H,7,9-13H2,1-2H3. The Morgan fingerprint density at radius 2 is 1.88 bits per heavy atom. The van der Waals surface area contributed by atoms with Crippen molar-refractivity contribution >= 4 is 23.2 Å². The van der Waals surface area contributed by atoms with E-state index >= 15 is 0 Å². The van der Waals surface area contributed by atoms with Crippen LogP contribution in [0.25, 0.3) is 0 Å². The number of anilines is 1. The van der Waals surface area contributed by atoms with E-state index in [1.807, 2.05) is 42.2 Å². The molecular formula is C21H25ClN2O2. The largest absolute Gasteiger partial charge is 0.496 e. The van der Waals surface area contributed by atoms with Crippen LogP contribution in [0.1, 0.15) is 17.5 Å². The van der Waals surface area contributed by atoms with Crippen LogP contribution in [-0.4, -0.2) is 44.1 Å². The van der Waals surface area contributed by atoms with E-state index in [-0.39, 0.29) is 5.91 Å². The maximum Gasteiger partial charge on any atom is 0.223 e. The summed E-state index contributed by atoms with van der Waals surface area (Å²) in [5.74, 6) is 1.11. The molecule has 1 saturated heterocycles. The Morgan fingerprint density at radius 1 is 1.12 bits per heavy atom. The van der Waals surface area contributed by atoms with Crippen molar-refractivity contribution in [1.82, 2.24) is 4.90 Å². The number of aryl methyl sites for hydroxylation is 2. The average molecular weight is 373 g/mol. The number of ether oxygens (including phenoxy) is 1. The highest BCUT2D eigenvalue weighted by Crippen LogP contribution is 2.22. The molecule has 0 bridgehead atoms. The summed E-state index contributed by atoms with van der Waals surface area (Å²) in [7, 11) is 1.68. The van der Waals surface area contributed by atoms with Gasteiger partial charge in [-0.1, -0.05) is 29.8 Å². The third-order valence-corrected chi connectivity index (χ3v) is 5.13. The minimum atomic E-state index is 0.226. The minimum absolute atomic E-state index is 0.226. The number of methoxy groups -OCH3 is 1. The lowest BCUT2D eigenvalue weighted by molar-refractivity contribution is -0.131. The van der Waals surface area contributed by atoms with Crippen LogP contribution >= 0.6 is 11.6 Å². The Morgan fingerprint density at radius 3 is 2.54 bits per heavy atom. The second-order valence-corrected chi connectivity index (χ2v) is 7.09. The molecule has 1 heterocycles. The summed E-state index contributed by atoms with van der Waals surface area (Å²) in [6.07, 6.45) is 1.31. The van der Waals surface area contributed by atoms with Crippen LogP contribution in [0.2, 0.25) is 5.02 Å². The zero-order chi connectivity index (χ0) is 18.5. The van der Waals surface area contributed by atoms with Crippen molar-refractivity contribution in [2.24, 2.45) is 0 Å². The van der Waals surface area contributed by atoms with Crippen molar-refractivity contribution in [3.05, 3.63) is 58.6 Å². The molecule has 2 aromatic carbocycles. The first-order valence-electron chi connectivity index (χ1n) is 8.98. The monoisotopic (exact) mass is 372 g/mol. The summed E-state index contributed by atoms with van der Waals surface area (Å²) in [6.45, 7) is 5.22. The Hall–Kier alpha value is -2.20. The quantitative estimate of drug-likeness (QED) is 0.797. The van der Waals surface area contributed by atoms with Gasteiger partial charge in [0.2, 0.25) is 5.91 Å². The van der Waals surface area contributed by atoms with Crippen LogP contribution in [0.4, 0.5) is 5.69 Å². The molecule has 1 fully saturated rings. The minimum Gasteiger partial charge on any atom is -0.496 e. The van der Waals surface area contributed by atoms with Gasteiger partial charge in [0.1, 0.15) is 5.75 Å². The highest BCUT2D eigenvalue weighted by Gasteiger charge is 2.21. The summed E-state index contributed by atoms with van der Waals surface area (Å²) in [5.41, 5.74) is 3.40. The van der Waals surface area contributed by atoms with Crippen molar-refractivity contribution in [2.45, 2.75) is 19.8 Å². The van der Waals surface area contributed by atoms with E-state index < -0.39 is 0 Å². The van der Waals surface area contributed by atoms with E-state index in [9.17, 15) is 4.79 Å². The molecule has 0 saturated carbocycles. The van der Waals surface area contributed by atoms with E-state index in [0.717, 1.165) is 54.6 Å². The van der Waals surface area contributed by atoms with Gasteiger partial charge in [0.25, 0.3) is 0 Å². The van der Waals surface area contributed by atoms with Crippen LogP contribution in [0.3, 0.4) is 0 Å². The molecule has 0 spiro atoms. The second-order valence-electron chi connectivity index (χ2n) is 6.65. The van der Waals surface area contributed by atoms with Crippen LogP contribution < -0.4 is 9.64 Å². The molecule has 0 atom stereocenters. The number of halogens is 1. The number of rotatable bonds is 5. The Labute approximate surface area is 160 Å². The van der Waals surface area contributed by atoms with Gasteiger partial charge in [0.05, 0.1) is 7.11 Å². The number of piperazine rings is 1. The molecule has 1 aliphatic rings. The molecule has 2 aromatic rings. The predicted molar refractivity (Wildman–Crippen MR) is 106 cm³/mol. The van der Waals surface area contributed by atoms with Gasteiger partial charge >= 0.3 is 0 Å². The molecule has 5 heteroatoms. The highest BCUT2D eigenvalue weighted by atomic mass is 35.5. The zero-order valence-corrected chi connectivity index (χ0v) is 16.1. The summed E-state index contributed by atoms with van der Waals surface area (Å²) in [6, 6.07) is 14.0. The van der Waals surface area contributed by atoms with Gasteiger partial charge in [-0.15, -0.1) is 0 Å². The van der Waals surface area contributed by atoms with Gasteiger partial charge < -0.3 is 14.5 Å². The van der Waals surface area contributed by atoms with Crippen molar-refractivity contribution in [3.63, 3.8) is 0 Å². The van der Waals surface area contributed by atoms with Gasteiger partial charge in [-0.2, -0.15) is 0 Å². The molecule has 0 N–H and O–H groups in total. The Kier molecular flexibility index (Phi) is 6.04. The number of carbonyl (C=O) groups is 1. The SMILES string of the molecule is COc1ccc(CCC(=O)N2CCN(c3cccc(Cl)c3)CC2)cc1C. The summed E-state index contributed by atoms with van der Waals surface area (Å²) >= 11 is 6.07. The molecule has 0 radical (unpaired) electrons. The lowest BCUT2D eigenvalue weighted by atomic mass is 10.1. The third-order valence-electron chi connectivity index (χ3n) is 4.89. The van der Waals surface area contributed by atoms with Crippen molar-refractivity contribution < 1.29 is 9.53 Å². The summed E-state index contributed by atoms with van der Waals surface area (Å²) in [4.78, 5) is 16.8. The lowest BCUT2D eigenvalue weighted by Gasteiger charge is -2.36. The van der Waals surface area contributed by atoms with Crippen molar-refractivity contribution in [2.75, 3.05) is 38.2 Å². The smallest absolute Gasteiger partial charge is 0.223 e. The number of hydrogen-bond donors (Lipinski definition) is 0. The van der Waals surface area contributed by atoms with Crippen LogP contribution in [0.5, 0.6) is 5.75 Å². The van der Waals surface area contributed by atoms with Gasteiger partial charge in [-0.05, 0) is 48.7 Å². The number of hydrogen-bond acceptors (Lipinski definition) is 3. The molecule has 4 nitrogen and oxygen atoms in total. The van der Waals surface area contributed by atoms with E-state index in [1.54, 1.807) is 7.11 Å². The highest BCUT2D eigenvalue weighted by molar-refractivity contribution is 6.30. The van der Waals surface area contributed by atoms with Crippen LogP contribution in [0, 0.1) is 6.92 Å². The van der Waals surface area contributed by atoms with Gasteiger partial charge in [-0.25, -0.2) is 0 Å². The topological polar surface area (TPSA) is 32.8 Å². The van der Waals surface area contributed by atoms with E-state index in [4.69, 9.17) is 16.3 Å². The summed E-state index contributed by atoms with van der Waals surface area (Å²) in [5, 5.41) is 0.746. The molecule has 3 rings (SSSR count). The fourth-order valence-corrected chi connectivity index (χ4v) is 3.58. The normalized spacial score (nSPS) is 14.4. The van der Waals surface area contributed by atoms with Crippen LogP contribution in [0.15, 0.2) is 42.5 Å². The molecule has 138 valence electrons. The molecule has 1 amide bonds. The fourth-order valence-electron chi connectivity index (χ4n) is 3.39. The summed E-state index contributed by atoms with van der Waals surface area (Å²) < 4.78 is 5.29. The lowest BCUT2D eigenvalue weighted by Crippen LogP contribution is -2.48. The van der Waals surface area contributed by atoms with E-state index in [1.165, 1.54) is 5.56 Å². The van der Waals surface area contributed by atoms with Gasteiger partial charge in [0.15, 0.2) is 0 Å². The zero-order valence-electron chi connectivity index (χ0n) is 15.4. The Balaban J connectivity index is 1.50. The molecular weight excluding hydrogens is 348 g/mol. The molecule has 0 aliphatic carbocycles. The van der Waals surface area contributed by atoms with Gasteiger partial charge in [-0.3, -0.25) is 4.79 Å². The Bertz CT molecular complexity index is 770. The van der Waals surface area contributed by atoms with E-state index in [2.05, 4.69) is 17.0 Å². The predicted octanol–water partition coefficient (Wildman–Crippen LogP) is 3.94. The average Bonchev–Trinajstić information content (AvgIpc) is 2.66. The maximum absolute atomic E-state index is 12.5. The number of carbonyl (C=O) groups excluding carboxylic acids is 1. The second kappa shape index (κ2) is 8.45. The first-order valence-corrected chi connectivity index (χ1v) is 9.36. The first-order chi connectivity index (χ1) is 12.6. The molecule has 0 unspecified atom stereocenters. The van der Waals surface area contributed by atoms with Crippen molar-refractivity contribution in [3.8, 4) is 5.75 Å².